The predicted molar refractivity (Wildman–Crippen MR) is 131 cm³/mol. The molecule has 166 valence electrons. The van der Waals surface area contributed by atoms with Crippen LogP contribution in [0.3, 0.4) is 0 Å². The first-order chi connectivity index (χ1) is 15.9. The Morgan fingerprint density at radius 2 is 1.55 bits per heavy atom. The van der Waals surface area contributed by atoms with E-state index in [-0.39, 0.29) is 27.3 Å². The van der Waals surface area contributed by atoms with E-state index in [9.17, 15) is 14.4 Å². The summed E-state index contributed by atoms with van der Waals surface area (Å²) in [6.45, 7) is 2.02. The monoisotopic (exact) mass is 479 g/mol. The van der Waals surface area contributed by atoms with Crippen molar-refractivity contribution in [2.75, 3.05) is 15.5 Å². The number of nitrogens with zero attached hydrogens (tertiary/aromatic N) is 1. The lowest BCUT2D eigenvalue weighted by molar-refractivity contribution is -0.120. The molecule has 3 aromatic carbocycles. The van der Waals surface area contributed by atoms with Gasteiger partial charge in [-0.15, -0.1) is 0 Å². The SMILES string of the molecule is CCc1ccccc1NC(=O)c1ccc(NC2=C(Cl)C(=O)N(c3ccccc3Cl)C2=O)cc1. The lowest BCUT2D eigenvalue weighted by Crippen LogP contribution is -2.32. The quantitative estimate of drug-likeness (QED) is 0.451. The number of para-hydroxylation sites is 2. The van der Waals surface area contributed by atoms with E-state index in [0.717, 1.165) is 22.6 Å². The topological polar surface area (TPSA) is 78.5 Å². The van der Waals surface area contributed by atoms with Gasteiger partial charge < -0.3 is 10.6 Å². The summed E-state index contributed by atoms with van der Waals surface area (Å²) in [7, 11) is 0. The lowest BCUT2D eigenvalue weighted by atomic mass is 10.1. The lowest BCUT2D eigenvalue weighted by Gasteiger charge is -2.16. The van der Waals surface area contributed by atoms with Gasteiger partial charge in [0.1, 0.15) is 10.7 Å². The largest absolute Gasteiger partial charge is 0.350 e. The van der Waals surface area contributed by atoms with Crippen molar-refractivity contribution < 1.29 is 14.4 Å². The van der Waals surface area contributed by atoms with E-state index in [4.69, 9.17) is 23.2 Å². The molecule has 0 aliphatic carbocycles. The van der Waals surface area contributed by atoms with Gasteiger partial charge in [-0.05, 0) is 54.4 Å². The molecule has 0 bridgehead atoms. The number of hydrogen-bond acceptors (Lipinski definition) is 4. The van der Waals surface area contributed by atoms with Gasteiger partial charge in [-0.1, -0.05) is 60.5 Å². The molecule has 33 heavy (non-hydrogen) atoms. The molecule has 3 aromatic rings. The van der Waals surface area contributed by atoms with Crippen LogP contribution in [0.4, 0.5) is 17.1 Å². The van der Waals surface area contributed by atoms with Gasteiger partial charge in [-0.3, -0.25) is 14.4 Å². The highest BCUT2D eigenvalue weighted by Crippen LogP contribution is 2.34. The zero-order chi connectivity index (χ0) is 23.5. The number of carbonyl (C=O) groups excluding carboxylic acids is 3. The Labute approximate surface area is 200 Å². The number of imide groups is 1. The van der Waals surface area contributed by atoms with Gasteiger partial charge in [0.25, 0.3) is 17.7 Å². The zero-order valence-electron chi connectivity index (χ0n) is 17.6. The Morgan fingerprint density at radius 3 is 2.24 bits per heavy atom. The Balaban J connectivity index is 1.50. The summed E-state index contributed by atoms with van der Waals surface area (Å²) in [5.74, 6) is -1.53. The van der Waals surface area contributed by atoms with Crippen LogP contribution in [0.25, 0.3) is 0 Å². The van der Waals surface area contributed by atoms with Crippen LogP contribution in [0.2, 0.25) is 5.02 Å². The highest BCUT2D eigenvalue weighted by Gasteiger charge is 2.39. The molecule has 0 spiro atoms. The van der Waals surface area contributed by atoms with Crippen molar-refractivity contribution in [2.24, 2.45) is 0 Å². The molecule has 0 fully saturated rings. The average Bonchev–Trinajstić information content (AvgIpc) is 3.03. The van der Waals surface area contributed by atoms with E-state index in [1.165, 1.54) is 0 Å². The second kappa shape index (κ2) is 9.48. The standard InChI is InChI=1S/C25H19Cl2N3O3/c1-2-15-7-3-5-9-19(15)29-23(31)16-11-13-17(14-12-16)28-22-21(27)24(32)30(25(22)33)20-10-6-4-8-18(20)26/h3-14,28H,2H2,1H3,(H,29,31). The minimum atomic E-state index is -0.664. The van der Waals surface area contributed by atoms with Crippen molar-refractivity contribution in [1.82, 2.24) is 0 Å². The molecule has 0 atom stereocenters. The summed E-state index contributed by atoms with van der Waals surface area (Å²) in [6.07, 6.45) is 0.799. The molecule has 2 N–H and O–H groups in total. The van der Waals surface area contributed by atoms with Crippen molar-refractivity contribution in [1.29, 1.82) is 0 Å². The maximum absolute atomic E-state index is 12.9. The number of halogens is 2. The van der Waals surface area contributed by atoms with Crippen LogP contribution in [-0.2, 0) is 16.0 Å². The molecular formula is C25H19Cl2N3O3. The first-order valence-corrected chi connectivity index (χ1v) is 11.0. The predicted octanol–water partition coefficient (Wildman–Crippen LogP) is 5.59. The van der Waals surface area contributed by atoms with Crippen molar-refractivity contribution in [3.05, 3.63) is 99.7 Å². The Hall–Kier alpha value is -3.61. The molecule has 0 unspecified atom stereocenters. The molecule has 0 radical (unpaired) electrons. The smallest absolute Gasteiger partial charge is 0.283 e. The summed E-state index contributed by atoms with van der Waals surface area (Å²) >= 11 is 12.3. The van der Waals surface area contributed by atoms with Crippen molar-refractivity contribution >= 4 is 58.0 Å². The van der Waals surface area contributed by atoms with Crippen LogP contribution in [0, 0.1) is 0 Å². The Bertz CT molecular complexity index is 1290. The van der Waals surface area contributed by atoms with Gasteiger partial charge in [0.2, 0.25) is 0 Å². The molecule has 1 aliphatic rings. The molecule has 0 saturated heterocycles. The second-order valence-corrected chi connectivity index (χ2v) is 8.04. The number of carbonyl (C=O) groups is 3. The number of anilines is 3. The van der Waals surface area contributed by atoms with Gasteiger partial charge in [0.15, 0.2) is 0 Å². The van der Waals surface area contributed by atoms with E-state index in [2.05, 4.69) is 10.6 Å². The fraction of sp³-hybridized carbons (Fsp3) is 0.0800. The summed E-state index contributed by atoms with van der Waals surface area (Å²) in [5, 5.41) is 5.81. The third-order valence-corrected chi connectivity index (χ3v) is 5.85. The van der Waals surface area contributed by atoms with Gasteiger partial charge in [-0.2, -0.15) is 0 Å². The molecule has 4 rings (SSSR count). The molecule has 0 aromatic heterocycles. The van der Waals surface area contributed by atoms with Crippen LogP contribution in [0.1, 0.15) is 22.8 Å². The number of hydrogen-bond donors (Lipinski definition) is 2. The highest BCUT2D eigenvalue weighted by molar-refractivity contribution is 6.53. The fourth-order valence-corrected chi connectivity index (χ4v) is 3.89. The fourth-order valence-electron chi connectivity index (χ4n) is 3.46. The molecule has 3 amide bonds. The van der Waals surface area contributed by atoms with Gasteiger partial charge >= 0.3 is 0 Å². The summed E-state index contributed by atoms with van der Waals surface area (Å²) in [4.78, 5) is 39.1. The number of amides is 3. The minimum absolute atomic E-state index is 0.0596. The Kier molecular flexibility index (Phi) is 6.49. The van der Waals surface area contributed by atoms with Crippen LogP contribution in [0.15, 0.2) is 83.5 Å². The first-order valence-electron chi connectivity index (χ1n) is 10.2. The Morgan fingerprint density at radius 1 is 0.879 bits per heavy atom. The van der Waals surface area contributed by atoms with Crippen molar-refractivity contribution in [3.8, 4) is 0 Å². The van der Waals surface area contributed by atoms with E-state index in [1.54, 1.807) is 48.5 Å². The van der Waals surface area contributed by atoms with E-state index in [1.807, 2.05) is 31.2 Å². The highest BCUT2D eigenvalue weighted by atomic mass is 35.5. The summed E-state index contributed by atoms with van der Waals surface area (Å²) < 4.78 is 0. The first kappa shape index (κ1) is 22.6. The number of rotatable bonds is 6. The van der Waals surface area contributed by atoms with Gasteiger partial charge in [0.05, 0.1) is 10.7 Å². The summed E-state index contributed by atoms with van der Waals surface area (Å²) in [5.41, 5.74) is 2.94. The maximum atomic E-state index is 12.9. The zero-order valence-corrected chi connectivity index (χ0v) is 19.1. The summed E-state index contributed by atoms with van der Waals surface area (Å²) in [6, 6.07) is 20.6. The maximum Gasteiger partial charge on any atom is 0.283 e. The van der Waals surface area contributed by atoms with E-state index in [0.29, 0.717) is 11.3 Å². The normalized spacial score (nSPS) is 13.5. The molecule has 0 saturated carbocycles. The number of nitrogens with one attached hydrogen (secondary N) is 2. The van der Waals surface area contributed by atoms with Crippen molar-refractivity contribution in [3.63, 3.8) is 0 Å². The van der Waals surface area contributed by atoms with Gasteiger partial charge in [0, 0.05) is 16.9 Å². The third kappa shape index (κ3) is 4.49. The number of aryl methyl sites for hydroxylation is 1. The van der Waals surface area contributed by atoms with Crippen LogP contribution in [0.5, 0.6) is 0 Å². The van der Waals surface area contributed by atoms with Crippen molar-refractivity contribution in [2.45, 2.75) is 13.3 Å². The molecular weight excluding hydrogens is 461 g/mol. The minimum Gasteiger partial charge on any atom is -0.350 e. The van der Waals surface area contributed by atoms with E-state index >= 15 is 0 Å². The van der Waals surface area contributed by atoms with E-state index < -0.39 is 11.8 Å². The average molecular weight is 480 g/mol. The third-order valence-electron chi connectivity index (χ3n) is 5.18. The van der Waals surface area contributed by atoms with Gasteiger partial charge in [-0.25, -0.2) is 4.90 Å². The van der Waals surface area contributed by atoms with Crippen LogP contribution >= 0.6 is 23.2 Å². The van der Waals surface area contributed by atoms with Crippen LogP contribution < -0.4 is 15.5 Å². The molecule has 1 heterocycles. The number of benzene rings is 3. The molecule has 8 heteroatoms. The molecule has 6 nitrogen and oxygen atoms in total. The molecule has 1 aliphatic heterocycles. The van der Waals surface area contributed by atoms with Crippen LogP contribution in [-0.4, -0.2) is 17.7 Å². The second-order valence-electron chi connectivity index (χ2n) is 7.25.